The molecule has 0 radical (unpaired) electrons. The first-order valence-corrected chi connectivity index (χ1v) is 6.91. The monoisotopic (exact) mass is 338 g/mol. The Morgan fingerprint density at radius 3 is 2.57 bits per heavy atom. The van der Waals surface area contributed by atoms with Crippen LogP contribution >= 0.6 is 11.6 Å². The summed E-state index contributed by atoms with van der Waals surface area (Å²) in [5.41, 5.74) is 0.0522. The molecule has 0 aliphatic rings. The van der Waals surface area contributed by atoms with E-state index >= 15 is 0 Å². The van der Waals surface area contributed by atoms with Crippen molar-refractivity contribution in [3.63, 3.8) is 0 Å². The van der Waals surface area contributed by atoms with E-state index in [0.29, 0.717) is 5.69 Å². The van der Waals surface area contributed by atoms with Gasteiger partial charge in [0.15, 0.2) is 11.9 Å². The lowest BCUT2D eigenvalue weighted by Crippen LogP contribution is -2.30. The minimum absolute atomic E-state index is 0.0684. The van der Waals surface area contributed by atoms with Crippen molar-refractivity contribution < 1.29 is 18.8 Å². The molecular formula is C15H12ClFN2O4. The molecule has 0 saturated carbocycles. The molecule has 0 bridgehead atoms. The molecule has 1 atom stereocenters. The predicted octanol–water partition coefficient (Wildman–Crippen LogP) is 3.79. The van der Waals surface area contributed by atoms with Gasteiger partial charge in [-0.2, -0.15) is 0 Å². The number of halogens is 2. The lowest BCUT2D eigenvalue weighted by atomic mass is 10.2. The molecule has 0 aliphatic heterocycles. The van der Waals surface area contributed by atoms with Gasteiger partial charge in [0.2, 0.25) is 0 Å². The average Bonchev–Trinajstić information content (AvgIpc) is 2.51. The van der Waals surface area contributed by atoms with E-state index in [4.69, 9.17) is 16.3 Å². The molecule has 1 amide bonds. The minimum atomic E-state index is -1.00. The molecule has 0 heterocycles. The molecule has 0 aliphatic carbocycles. The number of nitrogens with zero attached hydrogens (tertiary/aromatic N) is 1. The Labute approximate surface area is 136 Å². The first-order valence-electron chi connectivity index (χ1n) is 6.54. The highest BCUT2D eigenvalue weighted by molar-refractivity contribution is 6.30. The van der Waals surface area contributed by atoms with Crippen LogP contribution in [-0.4, -0.2) is 16.9 Å². The van der Waals surface area contributed by atoms with Gasteiger partial charge in [0, 0.05) is 16.8 Å². The zero-order valence-corrected chi connectivity index (χ0v) is 12.7. The number of hydrogen-bond acceptors (Lipinski definition) is 4. The molecule has 120 valence electrons. The van der Waals surface area contributed by atoms with Crippen LogP contribution in [0.1, 0.15) is 6.92 Å². The van der Waals surface area contributed by atoms with Gasteiger partial charge < -0.3 is 10.1 Å². The number of ether oxygens (including phenoxy) is 1. The van der Waals surface area contributed by atoms with Gasteiger partial charge in [0.05, 0.1) is 4.92 Å². The molecule has 0 fully saturated rings. The van der Waals surface area contributed by atoms with Crippen LogP contribution in [0, 0.1) is 15.9 Å². The van der Waals surface area contributed by atoms with Gasteiger partial charge in [-0.15, -0.1) is 0 Å². The van der Waals surface area contributed by atoms with Gasteiger partial charge in [-0.1, -0.05) is 11.6 Å². The van der Waals surface area contributed by atoms with E-state index in [-0.39, 0.29) is 16.5 Å². The van der Waals surface area contributed by atoms with E-state index in [1.807, 2.05) is 0 Å². The molecular weight excluding hydrogens is 327 g/mol. The van der Waals surface area contributed by atoms with Crippen molar-refractivity contribution in [3.05, 3.63) is 63.4 Å². The van der Waals surface area contributed by atoms with Crippen LogP contribution in [-0.2, 0) is 4.79 Å². The van der Waals surface area contributed by atoms with Crippen LogP contribution in [0.5, 0.6) is 5.75 Å². The molecule has 0 spiro atoms. The molecule has 23 heavy (non-hydrogen) atoms. The summed E-state index contributed by atoms with van der Waals surface area (Å²) in [5.74, 6) is -1.02. The average molecular weight is 339 g/mol. The number of amides is 1. The Hall–Kier alpha value is -2.67. The number of hydrogen-bond donors (Lipinski definition) is 1. The summed E-state index contributed by atoms with van der Waals surface area (Å²) in [5, 5.41) is 13.7. The fourth-order valence-corrected chi connectivity index (χ4v) is 1.92. The first-order chi connectivity index (χ1) is 10.9. The van der Waals surface area contributed by atoms with Gasteiger partial charge in [0.25, 0.3) is 5.91 Å². The highest BCUT2D eigenvalue weighted by Crippen LogP contribution is 2.30. The molecule has 6 nitrogen and oxygen atoms in total. The maximum absolute atomic E-state index is 12.8. The molecule has 2 rings (SSSR count). The van der Waals surface area contributed by atoms with Crippen LogP contribution < -0.4 is 10.1 Å². The van der Waals surface area contributed by atoms with Gasteiger partial charge in [-0.05, 0) is 43.3 Å². The van der Waals surface area contributed by atoms with Crippen LogP contribution in [0.3, 0.4) is 0 Å². The summed E-state index contributed by atoms with van der Waals surface area (Å²) in [4.78, 5) is 22.4. The molecule has 2 aromatic rings. The number of nitro benzene ring substituents is 1. The second-order valence-electron chi connectivity index (χ2n) is 4.63. The predicted molar refractivity (Wildman–Crippen MR) is 83.2 cm³/mol. The van der Waals surface area contributed by atoms with Crippen molar-refractivity contribution in [2.45, 2.75) is 13.0 Å². The van der Waals surface area contributed by atoms with Crippen LogP contribution in [0.25, 0.3) is 0 Å². The van der Waals surface area contributed by atoms with E-state index < -0.39 is 22.8 Å². The van der Waals surface area contributed by atoms with Crippen molar-refractivity contribution in [3.8, 4) is 5.75 Å². The van der Waals surface area contributed by atoms with E-state index in [9.17, 15) is 19.3 Å². The maximum Gasteiger partial charge on any atom is 0.312 e. The number of benzene rings is 2. The van der Waals surface area contributed by atoms with Crippen LogP contribution in [0.15, 0.2) is 42.5 Å². The van der Waals surface area contributed by atoms with Crippen molar-refractivity contribution in [1.29, 1.82) is 0 Å². The van der Waals surface area contributed by atoms with Crippen LogP contribution in [0.2, 0.25) is 5.02 Å². The molecule has 8 heteroatoms. The Morgan fingerprint density at radius 1 is 1.30 bits per heavy atom. The second kappa shape index (κ2) is 7.06. The van der Waals surface area contributed by atoms with E-state index in [0.717, 1.165) is 6.07 Å². The topological polar surface area (TPSA) is 81.5 Å². The van der Waals surface area contributed by atoms with E-state index in [1.54, 1.807) is 0 Å². The molecule has 0 aromatic heterocycles. The third-order valence-corrected chi connectivity index (χ3v) is 3.14. The summed E-state index contributed by atoms with van der Waals surface area (Å²) in [6, 6.07) is 9.07. The third-order valence-electron chi connectivity index (χ3n) is 2.90. The zero-order chi connectivity index (χ0) is 17.0. The van der Waals surface area contributed by atoms with Crippen LogP contribution in [0.4, 0.5) is 15.8 Å². The van der Waals surface area contributed by atoms with Gasteiger partial charge in [0.1, 0.15) is 5.82 Å². The maximum atomic E-state index is 12.8. The SMILES string of the molecule is C[C@H](Oc1ccc(Cl)cc1[N+](=O)[O-])C(=O)Nc1ccc(F)cc1. The summed E-state index contributed by atoms with van der Waals surface area (Å²) < 4.78 is 18.1. The summed E-state index contributed by atoms with van der Waals surface area (Å²) >= 11 is 5.71. The number of carbonyl (C=O) groups is 1. The highest BCUT2D eigenvalue weighted by Gasteiger charge is 2.21. The molecule has 1 N–H and O–H groups in total. The lowest BCUT2D eigenvalue weighted by molar-refractivity contribution is -0.386. The molecule has 0 unspecified atom stereocenters. The van der Waals surface area contributed by atoms with Crippen molar-refractivity contribution in [2.24, 2.45) is 0 Å². The fourth-order valence-electron chi connectivity index (χ4n) is 1.75. The number of carbonyl (C=O) groups excluding carboxylic acids is 1. The van der Waals surface area contributed by atoms with Crippen molar-refractivity contribution >= 4 is 28.9 Å². The van der Waals surface area contributed by atoms with Gasteiger partial charge >= 0.3 is 5.69 Å². The standard InChI is InChI=1S/C15H12ClFN2O4/c1-9(15(20)18-12-5-3-11(17)4-6-12)23-14-7-2-10(16)8-13(14)19(21)22/h2-9H,1H3,(H,18,20)/t9-/m0/s1. The summed E-state index contributed by atoms with van der Waals surface area (Å²) in [6.07, 6.45) is -1.00. The number of anilines is 1. The lowest BCUT2D eigenvalue weighted by Gasteiger charge is -2.14. The van der Waals surface area contributed by atoms with E-state index in [1.165, 1.54) is 43.3 Å². The Bertz CT molecular complexity index is 737. The largest absolute Gasteiger partial charge is 0.474 e. The Balaban J connectivity index is 2.09. The summed E-state index contributed by atoms with van der Waals surface area (Å²) in [6.45, 7) is 1.44. The van der Waals surface area contributed by atoms with Gasteiger partial charge in [-0.25, -0.2) is 4.39 Å². The smallest absolute Gasteiger partial charge is 0.312 e. The summed E-state index contributed by atoms with van der Waals surface area (Å²) in [7, 11) is 0. The zero-order valence-electron chi connectivity index (χ0n) is 12.0. The van der Waals surface area contributed by atoms with E-state index in [2.05, 4.69) is 5.32 Å². The number of rotatable bonds is 5. The fraction of sp³-hybridized carbons (Fsp3) is 0.133. The highest BCUT2D eigenvalue weighted by atomic mass is 35.5. The first kappa shape index (κ1) is 16.7. The second-order valence-corrected chi connectivity index (χ2v) is 5.06. The number of nitrogens with one attached hydrogen (secondary N) is 1. The quantitative estimate of drug-likeness (QED) is 0.664. The molecule has 2 aromatic carbocycles. The van der Waals surface area contributed by atoms with Crippen molar-refractivity contribution in [2.75, 3.05) is 5.32 Å². The Morgan fingerprint density at radius 2 is 1.96 bits per heavy atom. The van der Waals surface area contributed by atoms with Gasteiger partial charge in [-0.3, -0.25) is 14.9 Å². The Kier molecular flexibility index (Phi) is 5.13. The molecule has 0 saturated heterocycles. The normalized spacial score (nSPS) is 11.6. The van der Waals surface area contributed by atoms with Crippen molar-refractivity contribution in [1.82, 2.24) is 0 Å². The third kappa shape index (κ3) is 4.40. The minimum Gasteiger partial charge on any atom is -0.474 e. The number of nitro groups is 1.